The molecule has 2 nitrogen and oxygen atoms in total. The third-order valence-corrected chi connectivity index (χ3v) is 2.69. The maximum atomic E-state index is 12.5. The van der Waals surface area contributed by atoms with Crippen LogP contribution in [0.2, 0.25) is 0 Å². The van der Waals surface area contributed by atoms with Crippen LogP contribution in [-0.4, -0.2) is 18.3 Å². The Balaban J connectivity index is 2.45. The zero-order valence-electron chi connectivity index (χ0n) is 9.87. The summed E-state index contributed by atoms with van der Waals surface area (Å²) in [5, 5.41) is 0. The van der Waals surface area contributed by atoms with E-state index in [1.807, 2.05) is 0 Å². The topological polar surface area (TPSA) is 26.3 Å². The van der Waals surface area contributed by atoms with Crippen molar-refractivity contribution in [2.75, 3.05) is 12.4 Å². The summed E-state index contributed by atoms with van der Waals surface area (Å²) in [4.78, 5) is 10.6. The summed E-state index contributed by atoms with van der Waals surface area (Å²) in [5.74, 6) is -5.40. The lowest BCUT2D eigenvalue weighted by molar-refractivity contribution is -0.139. The molecule has 1 aromatic rings. The Kier molecular flexibility index (Phi) is 3.88. The molecule has 0 unspecified atom stereocenters. The molecule has 114 valence electrons. The molecule has 0 aliphatic carbocycles. The highest BCUT2D eigenvalue weighted by molar-refractivity contribution is 8.46. The quantitative estimate of drug-likeness (QED) is 0.581. The lowest BCUT2D eigenvalue weighted by atomic mass is 10.2. The highest BCUT2D eigenvalue weighted by Crippen LogP contribution is 2.97. The third kappa shape index (κ3) is 7.72. The van der Waals surface area contributed by atoms with Crippen LogP contribution >= 0.6 is 10.2 Å². The van der Waals surface area contributed by atoms with Crippen LogP contribution in [0.15, 0.2) is 30.3 Å². The largest absolute Gasteiger partial charge is 0.461 e. The van der Waals surface area contributed by atoms with Crippen molar-refractivity contribution in [1.29, 1.82) is 0 Å². The van der Waals surface area contributed by atoms with Crippen LogP contribution in [0.3, 0.4) is 0 Å². The molecule has 20 heavy (non-hydrogen) atoms. The molecule has 0 heterocycles. The summed E-state index contributed by atoms with van der Waals surface area (Å²) < 4.78 is 76.2. The van der Waals surface area contributed by atoms with Crippen molar-refractivity contribution in [3.8, 4) is 0 Å². The van der Waals surface area contributed by atoms with Crippen LogP contribution in [0.25, 0.3) is 6.08 Å². The molecule has 0 saturated heterocycles. The van der Waals surface area contributed by atoms with E-state index in [0.29, 0.717) is 5.56 Å². The summed E-state index contributed by atoms with van der Waals surface area (Å²) in [7, 11) is -9.79. The molecule has 1 rings (SSSR count). The highest BCUT2D eigenvalue weighted by Gasteiger charge is 2.65. The predicted molar refractivity (Wildman–Crippen MR) is 64.4 cm³/mol. The lowest BCUT2D eigenvalue weighted by Gasteiger charge is -2.38. The molecule has 0 amide bonds. The van der Waals surface area contributed by atoms with Gasteiger partial charge in [0, 0.05) is 0 Å². The summed E-state index contributed by atoms with van der Waals surface area (Å²) in [6, 6.07) is 5.06. The Morgan fingerprint density at radius 1 is 1.10 bits per heavy atom. The van der Waals surface area contributed by atoms with Crippen LogP contribution in [0.5, 0.6) is 0 Å². The fourth-order valence-electron chi connectivity index (χ4n) is 1.16. The molecule has 0 atom stereocenters. The number of ether oxygens (including phenoxy) is 1. The molecule has 0 aliphatic rings. The lowest BCUT2D eigenvalue weighted by Crippen LogP contribution is -2.21. The summed E-state index contributed by atoms with van der Waals surface area (Å²) >= 11 is 0. The standard InChI is InChI=1S/C11H10F6O2S/c12-10-5-3-9(4-6-10)2-1-7-19-11(18)8-20(13,14,15,16)17/h1-6H,7-8H2/b2-1+. The molecular weight excluding hydrogens is 310 g/mol. The van der Waals surface area contributed by atoms with Crippen LogP contribution < -0.4 is 0 Å². The molecule has 0 spiro atoms. The van der Waals surface area contributed by atoms with Gasteiger partial charge < -0.3 is 4.74 Å². The van der Waals surface area contributed by atoms with Crippen molar-refractivity contribution in [2.24, 2.45) is 0 Å². The number of rotatable bonds is 5. The second-order valence-corrected chi connectivity index (χ2v) is 6.46. The minimum absolute atomic E-state index is 0.468. The molecule has 1 aromatic carbocycles. The molecule has 9 heteroatoms. The number of hydrogen-bond donors (Lipinski definition) is 0. The first-order valence-electron chi connectivity index (χ1n) is 5.15. The van der Waals surface area contributed by atoms with E-state index in [-0.39, 0.29) is 0 Å². The van der Waals surface area contributed by atoms with E-state index in [0.717, 1.165) is 18.2 Å². The van der Waals surface area contributed by atoms with Crippen LogP contribution in [0.4, 0.5) is 23.8 Å². The minimum Gasteiger partial charge on any atom is -0.461 e. The number of esters is 1. The van der Waals surface area contributed by atoms with Crippen molar-refractivity contribution >= 4 is 22.3 Å². The number of carbonyl (C=O) groups is 1. The van der Waals surface area contributed by atoms with E-state index in [9.17, 15) is 28.6 Å². The van der Waals surface area contributed by atoms with Gasteiger partial charge >= 0.3 is 5.97 Å². The number of benzene rings is 1. The summed E-state index contributed by atoms with van der Waals surface area (Å²) in [6.07, 6.45) is 2.49. The Hall–Kier alpha value is -1.64. The fourth-order valence-corrected chi connectivity index (χ4v) is 1.69. The van der Waals surface area contributed by atoms with Gasteiger partial charge in [0.2, 0.25) is 0 Å². The Labute approximate surface area is 110 Å². The normalized spacial score (nSPS) is 15.7. The molecule has 0 N–H and O–H groups in total. The van der Waals surface area contributed by atoms with Gasteiger partial charge in [-0.3, -0.25) is 4.79 Å². The first kappa shape index (κ1) is 16.4. The number of carbonyl (C=O) groups excluding carboxylic acids is 1. The zero-order valence-corrected chi connectivity index (χ0v) is 10.7. The van der Waals surface area contributed by atoms with Gasteiger partial charge in [0.05, 0.1) is 0 Å². The van der Waals surface area contributed by atoms with E-state index < -0.39 is 34.4 Å². The van der Waals surface area contributed by atoms with Crippen molar-refractivity contribution in [2.45, 2.75) is 0 Å². The van der Waals surface area contributed by atoms with Crippen molar-refractivity contribution < 1.29 is 33.4 Å². The van der Waals surface area contributed by atoms with Gasteiger partial charge in [-0.2, -0.15) is 0 Å². The maximum absolute atomic E-state index is 12.5. The van der Waals surface area contributed by atoms with Gasteiger partial charge in [-0.05, 0) is 23.8 Å². The molecule has 0 aromatic heterocycles. The monoisotopic (exact) mass is 320 g/mol. The Morgan fingerprint density at radius 2 is 1.65 bits per heavy atom. The van der Waals surface area contributed by atoms with Gasteiger partial charge in [0.15, 0.2) is 5.75 Å². The molecular formula is C11H10F6O2S. The maximum Gasteiger partial charge on any atom is 0.325 e. The van der Waals surface area contributed by atoms with Crippen LogP contribution in [-0.2, 0) is 9.53 Å². The number of hydrogen-bond acceptors (Lipinski definition) is 2. The van der Waals surface area contributed by atoms with Crippen molar-refractivity contribution in [3.63, 3.8) is 0 Å². The number of halogens is 6. The van der Waals surface area contributed by atoms with Gasteiger partial charge in [-0.1, -0.05) is 37.6 Å². The van der Waals surface area contributed by atoms with E-state index >= 15 is 0 Å². The fraction of sp³-hybridized carbons (Fsp3) is 0.182. The van der Waals surface area contributed by atoms with Gasteiger partial charge in [-0.25, -0.2) is 4.39 Å². The second-order valence-electron chi connectivity index (χ2n) is 3.91. The summed E-state index contributed by atoms with van der Waals surface area (Å²) in [6.45, 7) is -0.593. The average molecular weight is 320 g/mol. The molecule has 0 bridgehead atoms. The second kappa shape index (κ2) is 4.72. The van der Waals surface area contributed by atoms with E-state index in [2.05, 4.69) is 4.74 Å². The van der Waals surface area contributed by atoms with Crippen molar-refractivity contribution in [3.05, 3.63) is 41.7 Å². The minimum atomic E-state index is -9.79. The van der Waals surface area contributed by atoms with E-state index in [1.165, 1.54) is 18.2 Å². The first-order chi connectivity index (χ1) is 8.84. The summed E-state index contributed by atoms with van der Waals surface area (Å²) in [5.41, 5.74) is 0.509. The highest BCUT2D eigenvalue weighted by atomic mass is 32.5. The van der Waals surface area contributed by atoms with Gasteiger partial charge in [-0.15, -0.1) is 0 Å². The van der Waals surface area contributed by atoms with Gasteiger partial charge in [0.25, 0.3) is 10.2 Å². The molecule has 0 fully saturated rings. The Morgan fingerprint density at radius 3 is 2.15 bits per heavy atom. The van der Waals surface area contributed by atoms with E-state index in [4.69, 9.17) is 0 Å². The predicted octanol–water partition coefficient (Wildman–Crippen LogP) is 4.68. The van der Waals surface area contributed by atoms with Crippen molar-refractivity contribution in [1.82, 2.24) is 0 Å². The third-order valence-electron chi connectivity index (χ3n) is 1.91. The molecule has 0 aliphatic heterocycles. The van der Waals surface area contributed by atoms with Crippen LogP contribution in [0.1, 0.15) is 5.56 Å². The first-order valence-corrected chi connectivity index (χ1v) is 7.27. The average Bonchev–Trinajstić information content (AvgIpc) is 2.22. The van der Waals surface area contributed by atoms with Gasteiger partial charge in [0.1, 0.15) is 12.4 Å². The SMILES string of the molecule is O=C(CS(F)(F)(F)(F)F)OC/C=C/c1ccc(F)cc1. The molecule has 0 radical (unpaired) electrons. The van der Waals surface area contributed by atoms with Crippen LogP contribution in [0, 0.1) is 5.82 Å². The smallest absolute Gasteiger partial charge is 0.325 e. The zero-order chi connectivity index (χ0) is 15.5. The molecule has 0 saturated carbocycles. The Bertz CT molecular complexity index is 520. The van der Waals surface area contributed by atoms with E-state index in [1.54, 1.807) is 0 Å².